The fourth-order valence-corrected chi connectivity index (χ4v) is 3.28. The van der Waals surface area contributed by atoms with Crippen molar-refractivity contribution in [3.05, 3.63) is 65.2 Å². The van der Waals surface area contributed by atoms with Crippen LogP contribution in [0, 0.1) is 0 Å². The van der Waals surface area contributed by atoms with Gasteiger partial charge < -0.3 is 20.3 Å². The van der Waals surface area contributed by atoms with Crippen LogP contribution in [0.3, 0.4) is 0 Å². The van der Waals surface area contributed by atoms with Crippen LogP contribution in [0.2, 0.25) is 0 Å². The van der Waals surface area contributed by atoms with Gasteiger partial charge in [-0.05, 0) is 36.2 Å². The van der Waals surface area contributed by atoms with Crippen LogP contribution in [0.5, 0.6) is 5.75 Å². The Balaban J connectivity index is 1.34. The first-order chi connectivity index (χ1) is 13.2. The predicted octanol–water partition coefficient (Wildman–Crippen LogP) is 2.46. The standard InChI is InChI=1S/C22H30N4O/c1-23-22(25-13-14-26(2)17-19-6-4-3-5-7-19)24-12-10-18-8-9-21-20(16-18)11-15-27-21/h3-9,16H,10-15,17H2,1-2H3,(H2,23,24,25). The minimum atomic E-state index is 0.812. The number of ether oxygens (including phenoxy) is 1. The maximum Gasteiger partial charge on any atom is 0.191 e. The fourth-order valence-electron chi connectivity index (χ4n) is 3.28. The monoisotopic (exact) mass is 366 g/mol. The summed E-state index contributed by atoms with van der Waals surface area (Å²) in [5.41, 5.74) is 4.00. The Labute approximate surface area is 162 Å². The average Bonchev–Trinajstić information content (AvgIpc) is 3.15. The third kappa shape index (κ3) is 6.00. The number of benzene rings is 2. The van der Waals surface area contributed by atoms with Gasteiger partial charge in [0.15, 0.2) is 5.96 Å². The lowest BCUT2D eigenvalue weighted by molar-refractivity contribution is 0.331. The summed E-state index contributed by atoms with van der Waals surface area (Å²) in [4.78, 5) is 6.62. The lowest BCUT2D eigenvalue weighted by Gasteiger charge is -2.18. The molecule has 1 aliphatic rings. The molecule has 3 rings (SSSR count). The maximum atomic E-state index is 5.57. The van der Waals surface area contributed by atoms with Crippen molar-refractivity contribution in [2.45, 2.75) is 19.4 Å². The number of likely N-dealkylation sites (N-methyl/N-ethyl adjacent to an activating group) is 1. The second-order valence-corrected chi connectivity index (χ2v) is 6.94. The van der Waals surface area contributed by atoms with Crippen molar-refractivity contribution >= 4 is 5.96 Å². The highest BCUT2D eigenvalue weighted by atomic mass is 16.5. The van der Waals surface area contributed by atoms with E-state index in [1.54, 1.807) is 0 Å². The Kier molecular flexibility index (Phi) is 7.11. The van der Waals surface area contributed by atoms with Gasteiger partial charge in [-0.1, -0.05) is 42.5 Å². The number of nitrogens with one attached hydrogen (secondary N) is 2. The van der Waals surface area contributed by atoms with Crippen LogP contribution in [0.25, 0.3) is 0 Å². The number of guanidine groups is 1. The van der Waals surface area contributed by atoms with E-state index in [-0.39, 0.29) is 0 Å². The normalized spacial score (nSPS) is 13.4. The fraction of sp³-hybridized carbons (Fsp3) is 0.409. The molecule has 27 heavy (non-hydrogen) atoms. The molecule has 0 spiro atoms. The Morgan fingerprint density at radius 2 is 1.89 bits per heavy atom. The van der Waals surface area contributed by atoms with E-state index in [0.717, 1.165) is 57.3 Å². The van der Waals surface area contributed by atoms with Gasteiger partial charge in [-0.3, -0.25) is 4.99 Å². The molecule has 1 aliphatic heterocycles. The lowest BCUT2D eigenvalue weighted by Crippen LogP contribution is -2.41. The molecule has 2 aromatic carbocycles. The second-order valence-electron chi connectivity index (χ2n) is 6.94. The quantitative estimate of drug-likeness (QED) is 0.557. The number of fused-ring (bicyclic) bond motifs is 1. The summed E-state index contributed by atoms with van der Waals surface area (Å²) < 4.78 is 5.57. The summed E-state index contributed by atoms with van der Waals surface area (Å²) in [6, 6.07) is 17.1. The van der Waals surface area contributed by atoms with Crippen molar-refractivity contribution < 1.29 is 4.74 Å². The van der Waals surface area contributed by atoms with E-state index in [1.165, 1.54) is 16.7 Å². The molecule has 2 aromatic rings. The molecule has 0 amide bonds. The number of hydrogen-bond acceptors (Lipinski definition) is 3. The Bertz CT molecular complexity index is 745. The molecule has 0 unspecified atom stereocenters. The van der Waals surface area contributed by atoms with Gasteiger partial charge in [0.1, 0.15) is 5.75 Å². The molecule has 0 aliphatic carbocycles. The zero-order valence-corrected chi connectivity index (χ0v) is 16.4. The molecule has 1 heterocycles. The number of aliphatic imine (C=N–C) groups is 1. The van der Waals surface area contributed by atoms with Gasteiger partial charge in [0.05, 0.1) is 6.61 Å². The summed E-state index contributed by atoms with van der Waals surface area (Å²) in [6.45, 7) is 4.45. The molecule has 5 nitrogen and oxygen atoms in total. The summed E-state index contributed by atoms with van der Waals surface area (Å²) in [5.74, 6) is 1.90. The zero-order chi connectivity index (χ0) is 18.9. The molecule has 0 aromatic heterocycles. The van der Waals surface area contributed by atoms with E-state index in [4.69, 9.17) is 4.74 Å². The first-order valence-corrected chi connectivity index (χ1v) is 9.66. The van der Waals surface area contributed by atoms with Crippen LogP contribution < -0.4 is 15.4 Å². The molecule has 0 saturated carbocycles. The topological polar surface area (TPSA) is 48.9 Å². The van der Waals surface area contributed by atoms with Crippen LogP contribution in [0.4, 0.5) is 0 Å². The van der Waals surface area contributed by atoms with E-state index in [1.807, 2.05) is 7.05 Å². The lowest BCUT2D eigenvalue weighted by atomic mass is 10.1. The Morgan fingerprint density at radius 3 is 2.70 bits per heavy atom. The van der Waals surface area contributed by atoms with E-state index < -0.39 is 0 Å². The molecule has 144 valence electrons. The molecule has 0 bridgehead atoms. The van der Waals surface area contributed by atoms with Gasteiger partial charge in [0.25, 0.3) is 0 Å². The number of nitrogens with zero attached hydrogens (tertiary/aromatic N) is 2. The van der Waals surface area contributed by atoms with Gasteiger partial charge in [-0.15, -0.1) is 0 Å². The summed E-state index contributed by atoms with van der Waals surface area (Å²) in [6.07, 6.45) is 2.00. The molecule has 0 atom stereocenters. The highest BCUT2D eigenvalue weighted by molar-refractivity contribution is 5.79. The average molecular weight is 367 g/mol. The van der Waals surface area contributed by atoms with Gasteiger partial charge in [-0.25, -0.2) is 0 Å². The molecule has 2 N–H and O–H groups in total. The molecular formula is C22H30N4O. The van der Waals surface area contributed by atoms with Crippen LogP contribution >= 0.6 is 0 Å². The highest BCUT2D eigenvalue weighted by Crippen LogP contribution is 2.25. The van der Waals surface area contributed by atoms with E-state index in [0.29, 0.717) is 0 Å². The van der Waals surface area contributed by atoms with Crippen LogP contribution in [0.1, 0.15) is 16.7 Å². The van der Waals surface area contributed by atoms with E-state index >= 15 is 0 Å². The first-order valence-electron chi connectivity index (χ1n) is 9.66. The van der Waals surface area contributed by atoms with Crippen molar-refractivity contribution in [2.24, 2.45) is 4.99 Å². The van der Waals surface area contributed by atoms with Crippen molar-refractivity contribution in [1.29, 1.82) is 0 Å². The van der Waals surface area contributed by atoms with Crippen molar-refractivity contribution in [3.63, 3.8) is 0 Å². The van der Waals surface area contributed by atoms with Gasteiger partial charge >= 0.3 is 0 Å². The Hall–Kier alpha value is -2.53. The van der Waals surface area contributed by atoms with Gasteiger partial charge in [0, 0.05) is 39.6 Å². The van der Waals surface area contributed by atoms with Crippen molar-refractivity contribution in [3.8, 4) is 5.75 Å². The van der Waals surface area contributed by atoms with Crippen molar-refractivity contribution in [1.82, 2.24) is 15.5 Å². The third-order valence-electron chi connectivity index (χ3n) is 4.76. The maximum absolute atomic E-state index is 5.57. The summed E-state index contributed by atoms with van der Waals surface area (Å²) >= 11 is 0. The van der Waals surface area contributed by atoms with Crippen LogP contribution in [-0.2, 0) is 19.4 Å². The first kappa shape index (κ1) is 19.2. The van der Waals surface area contributed by atoms with Crippen molar-refractivity contribution in [2.75, 3.05) is 40.3 Å². The van der Waals surface area contributed by atoms with Gasteiger partial charge in [-0.2, -0.15) is 0 Å². The third-order valence-corrected chi connectivity index (χ3v) is 4.76. The summed E-state index contributed by atoms with van der Waals surface area (Å²) in [5, 5.41) is 6.79. The summed E-state index contributed by atoms with van der Waals surface area (Å²) in [7, 11) is 3.96. The molecule has 0 saturated heterocycles. The van der Waals surface area contributed by atoms with E-state index in [9.17, 15) is 0 Å². The number of rotatable bonds is 8. The van der Waals surface area contributed by atoms with E-state index in [2.05, 4.69) is 76.1 Å². The minimum Gasteiger partial charge on any atom is -0.493 e. The largest absolute Gasteiger partial charge is 0.493 e. The van der Waals surface area contributed by atoms with Gasteiger partial charge in [0.2, 0.25) is 0 Å². The molecule has 0 fully saturated rings. The van der Waals surface area contributed by atoms with Crippen LogP contribution in [0.15, 0.2) is 53.5 Å². The highest BCUT2D eigenvalue weighted by Gasteiger charge is 2.11. The smallest absolute Gasteiger partial charge is 0.191 e. The molecular weight excluding hydrogens is 336 g/mol. The predicted molar refractivity (Wildman–Crippen MR) is 111 cm³/mol. The zero-order valence-electron chi connectivity index (χ0n) is 16.4. The second kappa shape index (κ2) is 9.97. The van der Waals surface area contributed by atoms with Crippen LogP contribution in [-0.4, -0.2) is 51.2 Å². The molecule has 0 radical (unpaired) electrons. The SMILES string of the molecule is CN=C(NCCc1ccc2c(c1)CCO2)NCCN(C)Cc1ccccc1. The molecule has 5 heteroatoms. The number of hydrogen-bond donors (Lipinski definition) is 2. The Morgan fingerprint density at radius 1 is 1.07 bits per heavy atom. The minimum absolute atomic E-state index is 0.812.